The summed E-state index contributed by atoms with van der Waals surface area (Å²) in [4.78, 5) is 30.1. The molecule has 0 fully saturated rings. The fourth-order valence-corrected chi connectivity index (χ4v) is 9.25. The predicted molar refractivity (Wildman–Crippen MR) is 293 cm³/mol. The zero-order chi connectivity index (χ0) is 48.1. The molecule has 7 aromatic carbocycles. The fraction of sp³-hybridized carbons (Fsp3) is 0. The Balaban J connectivity index is 1.11. The van der Waals surface area contributed by atoms with Crippen molar-refractivity contribution < 1.29 is 0 Å². The first-order valence-electron chi connectivity index (χ1n) is 24.0. The molecule has 0 aliphatic carbocycles. The molecule has 0 saturated heterocycles. The normalized spacial score (nSPS) is 11.1. The molecule has 0 atom stereocenters. The van der Waals surface area contributed by atoms with Gasteiger partial charge in [0.05, 0.1) is 34.2 Å². The van der Waals surface area contributed by atoms with Crippen molar-refractivity contribution >= 4 is 0 Å². The zero-order valence-corrected chi connectivity index (χ0v) is 39.1. The van der Waals surface area contributed by atoms with Gasteiger partial charge in [-0.1, -0.05) is 121 Å². The van der Waals surface area contributed by atoms with Crippen molar-refractivity contribution in [3.8, 4) is 123 Å². The summed E-state index contributed by atoms with van der Waals surface area (Å²) in [6.45, 7) is 0. The first kappa shape index (κ1) is 43.5. The van der Waals surface area contributed by atoms with Crippen LogP contribution in [-0.4, -0.2) is 29.9 Å². The molecule has 12 aromatic rings. The molecule has 5 aromatic heterocycles. The van der Waals surface area contributed by atoms with E-state index < -0.39 is 0 Å². The lowest BCUT2D eigenvalue weighted by molar-refractivity contribution is 1.18. The lowest BCUT2D eigenvalue weighted by Crippen LogP contribution is -1.98. The second-order valence-electron chi connectivity index (χ2n) is 17.6. The second kappa shape index (κ2) is 19.7. The standard InChI is InChI=1S/C66H44N6/c1-3-17-45(18-4-1)51-36-55(62-27-9-13-31-69-62)42-57(38-51)64-44-65(58-39-52(46-19-5-2-6-20-46)37-56(43-58)63-28-10-14-32-70-63)72-66(71-64)59-40-53(47-21-15-23-49(33-47)60-25-7-11-29-67-60)35-54(41-59)48-22-16-24-50(34-48)61-26-8-12-30-68-61/h1-44H. The molecule has 12 rings (SSSR count). The smallest absolute Gasteiger partial charge is 0.160 e. The summed E-state index contributed by atoms with van der Waals surface area (Å²) in [6, 6.07) is 84.3. The van der Waals surface area contributed by atoms with Crippen LogP contribution in [0.15, 0.2) is 267 Å². The molecule has 338 valence electrons. The van der Waals surface area contributed by atoms with Gasteiger partial charge in [-0.15, -0.1) is 0 Å². The maximum atomic E-state index is 5.57. The number of nitrogens with zero attached hydrogens (tertiary/aromatic N) is 6. The van der Waals surface area contributed by atoms with Crippen LogP contribution >= 0.6 is 0 Å². The van der Waals surface area contributed by atoms with Gasteiger partial charge in [0.15, 0.2) is 5.82 Å². The van der Waals surface area contributed by atoms with E-state index in [4.69, 9.17) is 29.9 Å². The largest absolute Gasteiger partial charge is 0.256 e. The molecular formula is C66H44N6. The van der Waals surface area contributed by atoms with E-state index in [1.165, 1.54) is 0 Å². The first-order chi connectivity index (χ1) is 35.6. The Morgan fingerprint density at radius 3 is 0.833 bits per heavy atom. The van der Waals surface area contributed by atoms with Crippen molar-refractivity contribution in [2.45, 2.75) is 0 Å². The van der Waals surface area contributed by atoms with Crippen LogP contribution in [0.4, 0.5) is 0 Å². The molecule has 0 spiro atoms. The maximum Gasteiger partial charge on any atom is 0.160 e. The van der Waals surface area contributed by atoms with Gasteiger partial charge >= 0.3 is 0 Å². The average Bonchev–Trinajstić information content (AvgIpc) is 3.48. The van der Waals surface area contributed by atoms with Gasteiger partial charge in [-0.3, -0.25) is 19.9 Å². The Morgan fingerprint density at radius 1 is 0.167 bits per heavy atom. The molecule has 0 aliphatic rings. The predicted octanol–water partition coefficient (Wildman–Crippen LogP) is 16.4. The van der Waals surface area contributed by atoms with Crippen LogP contribution in [0.2, 0.25) is 0 Å². The highest BCUT2D eigenvalue weighted by atomic mass is 14.9. The summed E-state index contributed by atoms with van der Waals surface area (Å²) in [5, 5.41) is 0. The molecular weight excluding hydrogens is 877 g/mol. The van der Waals surface area contributed by atoms with Crippen LogP contribution < -0.4 is 0 Å². The van der Waals surface area contributed by atoms with E-state index in [-0.39, 0.29) is 0 Å². The third-order valence-corrected chi connectivity index (χ3v) is 12.8. The van der Waals surface area contributed by atoms with E-state index in [9.17, 15) is 0 Å². The third-order valence-electron chi connectivity index (χ3n) is 12.8. The van der Waals surface area contributed by atoms with E-state index in [2.05, 4.69) is 170 Å². The highest BCUT2D eigenvalue weighted by molar-refractivity contribution is 5.87. The van der Waals surface area contributed by atoms with Crippen LogP contribution in [0.1, 0.15) is 0 Å². The molecule has 0 bridgehead atoms. The van der Waals surface area contributed by atoms with Crippen LogP contribution in [0, 0.1) is 0 Å². The van der Waals surface area contributed by atoms with E-state index in [1.54, 1.807) is 0 Å². The topological polar surface area (TPSA) is 77.3 Å². The molecule has 72 heavy (non-hydrogen) atoms. The lowest BCUT2D eigenvalue weighted by atomic mass is 9.93. The van der Waals surface area contributed by atoms with E-state index >= 15 is 0 Å². The van der Waals surface area contributed by atoms with Crippen molar-refractivity contribution in [2.75, 3.05) is 0 Å². The molecule has 0 unspecified atom stereocenters. The Morgan fingerprint density at radius 2 is 0.444 bits per heavy atom. The van der Waals surface area contributed by atoms with Gasteiger partial charge in [-0.05, 0) is 166 Å². The summed E-state index contributed by atoms with van der Waals surface area (Å²) in [5.74, 6) is 0.585. The van der Waals surface area contributed by atoms with Crippen molar-refractivity contribution in [2.24, 2.45) is 0 Å². The molecule has 6 nitrogen and oxygen atoms in total. The second-order valence-corrected chi connectivity index (χ2v) is 17.6. The van der Waals surface area contributed by atoms with Gasteiger partial charge in [-0.25, -0.2) is 9.97 Å². The summed E-state index contributed by atoms with van der Waals surface area (Å²) in [7, 11) is 0. The van der Waals surface area contributed by atoms with E-state index in [1.807, 2.05) is 97.6 Å². The van der Waals surface area contributed by atoms with E-state index in [0.717, 1.165) is 118 Å². The highest BCUT2D eigenvalue weighted by Gasteiger charge is 2.18. The summed E-state index contributed by atoms with van der Waals surface area (Å²) >= 11 is 0. The van der Waals surface area contributed by atoms with Crippen LogP contribution in [0.25, 0.3) is 123 Å². The highest BCUT2D eigenvalue weighted by Crippen LogP contribution is 2.39. The van der Waals surface area contributed by atoms with Crippen molar-refractivity contribution in [3.63, 3.8) is 0 Å². The quantitative estimate of drug-likeness (QED) is 0.129. The summed E-state index contributed by atoms with van der Waals surface area (Å²) < 4.78 is 0. The number of benzene rings is 7. The van der Waals surface area contributed by atoms with E-state index in [0.29, 0.717) is 5.82 Å². The Kier molecular flexibility index (Phi) is 11.9. The number of hydrogen-bond acceptors (Lipinski definition) is 6. The molecule has 5 heterocycles. The molecule has 0 N–H and O–H groups in total. The third kappa shape index (κ3) is 9.36. The Hall–Kier alpha value is -9.78. The fourth-order valence-electron chi connectivity index (χ4n) is 9.25. The molecule has 0 radical (unpaired) electrons. The van der Waals surface area contributed by atoms with Gasteiger partial charge < -0.3 is 0 Å². The summed E-state index contributed by atoms with van der Waals surface area (Å²) in [6.07, 6.45) is 7.35. The minimum Gasteiger partial charge on any atom is -0.256 e. The van der Waals surface area contributed by atoms with Gasteiger partial charge in [0.2, 0.25) is 0 Å². The minimum atomic E-state index is 0.585. The monoisotopic (exact) mass is 920 g/mol. The van der Waals surface area contributed by atoms with Gasteiger partial charge in [-0.2, -0.15) is 0 Å². The SMILES string of the molecule is c1ccc(-c2cc(-c3ccccn3)cc(-c3cc(-c4cc(-c5ccccc5)cc(-c5ccccn5)c4)nc(-c4cc(-c5cccc(-c6ccccn6)c5)cc(-c5cccc(-c6ccccn6)c5)c4)n3)c2)cc1. The minimum absolute atomic E-state index is 0.585. The molecule has 6 heteroatoms. The Labute approximate surface area is 418 Å². The molecule has 0 aliphatic heterocycles. The Bertz CT molecular complexity index is 3470. The number of rotatable bonds is 11. The maximum absolute atomic E-state index is 5.57. The van der Waals surface area contributed by atoms with Crippen LogP contribution in [0.5, 0.6) is 0 Å². The first-order valence-corrected chi connectivity index (χ1v) is 24.0. The van der Waals surface area contributed by atoms with Gasteiger partial charge in [0, 0.05) is 63.7 Å². The summed E-state index contributed by atoms with van der Waals surface area (Å²) in [5.41, 5.74) is 20.3. The van der Waals surface area contributed by atoms with Crippen LogP contribution in [-0.2, 0) is 0 Å². The van der Waals surface area contributed by atoms with Gasteiger partial charge in [0.25, 0.3) is 0 Å². The number of aromatic nitrogens is 6. The van der Waals surface area contributed by atoms with Crippen molar-refractivity contribution in [1.82, 2.24) is 29.9 Å². The number of hydrogen-bond donors (Lipinski definition) is 0. The average molecular weight is 921 g/mol. The van der Waals surface area contributed by atoms with Gasteiger partial charge in [0.1, 0.15) is 0 Å². The lowest BCUT2D eigenvalue weighted by Gasteiger charge is -2.16. The molecule has 0 amide bonds. The molecule has 0 saturated carbocycles. The van der Waals surface area contributed by atoms with Crippen molar-refractivity contribution in [1.29, 1.82) is 0 Å². The van der Waals surface area contributed by atoms with Crippen LogP contribution in [0.3, 0.4) is 0 Å². The number of pyridine rings is 4. The van der Waals surface area contributed by atoms with Crippen molar-refractivity contribution in [3.05, 3.63) is 267 Å². The zero-order valence-electron chi connectivity index (χ0n) is 39.1.